The first kappa shape index (κ1) is 17.9. The van der Waals surface area contributed by atoms with E-state index in [1.807, 2.05) is 18.2 Å². The summed E-state index contributed by atoms with van der Waals surface area (Å²) < 4.78 is 22.0. The minimum atomic E-state index is -0.487. The molecule has 1 aliphatic rings. The highest BCUT2D eigenvalue weighted by Crippen LogP contribution is 2.35. The van der Waals surface area contributed by atoms with E-state index in [1.165, 1.54) is 12.3 Å². The maximum Gasteiger partial charge on any atom is 0.213 e. The number of ether oxygens (including phenoxy) is 1. The van der Waals surface area contributed by atoms with Crippen LogP contribution in [-0.4, -0.2) is 30.8 Å². The molecule has 0 aromatic carbocycles. The van der Waals surface area contributed by atoms with Gasteiger partial charge in [-0.15, -0.1) is 10.2 Å². The number of halogens is 2. The zero-order chi connectivity index (χ0) is 18.8. The van der Waals surface area contributed by atoms with Crippen LogP contribution in [0.2, 0.25) is 5.02 Å². The molecule has 1 fully saturated rings. The van der Waals surface area contributed by atoms with Crippen LogP contribution in [0.5, 0.6) is 5.88 Å². The van der Waals surface area contributed by atoms with Crippen LogP contribution in [0.4, 0.5) is 4.39 Å². The van der Waals surface area contributed by atoms with Crippen LogP contribution < -0.4 is 4.74 Å². The van der Waals surface area contributed by atoms with Gasteiger partial charge in [-0.1, -0.05) is 17.7 Å². The summed E-state index contributed by atoms with van der Waals surface area (Å²) in [4.78, 5) is 8.36. The summed E-state index contributed by atoms with van der Waals surface area (Å²) in [6.45, 7) is 1.79. The molecule has 8 heteroatoms. The smallest absolute Gasteiger partial charge is 0.213 e. The highest BCUT2D eigenvalue weighted by atomic mass is 35.5. The maximum atomic E-state index is 14.4. The predicted molar refractivity (Wildman–Crippen MR) is 98.7 cm³/mol. The van der Waals surface area contributed by atoms with E-state index in [0.29, 0.717) is 11.7 Å². The monoisotopic (exact) mass is 387 g/mol. The second-order valence-electron chi connectivity index (χ2n) is 6.66. The van der Waals surface area contributed by atoms with Gasteiger partial charge in [0.15, 0.2) is 11.6 Å². The van der Waals surface area contributed by atoms with Crippen LogP contribution in [0, 0.1) is 12.7 Å². The van der Waals surface area contributed by atoms with E-state index >= 15 is 0 Å². The quantitative estimate of drug-likeness (QED) is 0.669. The molecule has 0 spiro atoms. The molecule has 0 aliphatic heterocycles. The van der Waals surface area contributed by atoms with Gasteiger partial charge >= 0.3 is 0 Å². The normalized spacial score (nSPS) is 19.8. The molecule has 0 bridgehead atoms. The molecule has 140 valence electrons. The highest BCUT2D eigenvalue weighted by molar-refractivity contribution is 6.30. The van der Waals surface area contributed by atoms with Gasteiger partial charge in [0.05, 0.1) is 5.02 Å². The van der Waals surface area contributed by atoms with Crippen LogP contribution in [0.15, 0.2) is 36.7 Å². The number of nitrogens with zero attached hydrogens (tertiary/aromatic N) is 5. The SMILES string of the molecule is Cc1nnc([C@H]2CC[C@H](Oc3ccccn3)CC2)n1-c1ncc(Cl)cc1F. The molecule has 27 heavy (non-hydrogen) atoms. The average molecular weight is 388 g/mol. The molecule has 6 nitrogen and oxygen atoms in total. The summed E-state index contributed by atoms with van der Waals surface area (Å²) in [6, 6.07) is 6.89. The Morgan fingerprint density at radius 3 is 2.67 bits per heavy atom. The summed E-state index contributed by atoms with van der Waals surface area (Å²) in [5.41, 5.74) is 0. The summed E-state index contributed by atoms with van der Waals surface area (Å²) in [5, 5.41) is 8.72. The number of hydrogen-bond donors (Lipinski definition) is 0. The fourth-order valence-corrected chi connectivity index (χ4v) is 3.65. The van der Waals surface area contributed by atoms with Crippen LogP contribution in [-0.2, 0) is 0 Å². The first-order valence-corrected chi connectivity index (χ1v) is 9.30. The maximum absolute atomic E-state index is 14.4. The Bertz CT molecular complexity index is 925. The standard InChI is InChI=1S/C19H19ClFN5O/c1-12-24-25-18(26(12)19-16(21)10-14(20)11-23-19)13-5-7-15(8-6-13)27-17-4-2-3-9-22-17/h2-4,9-11,13,15H,5-8H2,1H3/t13-,15-. The van der Waals surface area contributed by atoms with E-state index in [4.69, 9.17) is 16.3 Å². The molecule has 3 aromatic heterocycles. The van der Waals surface area contributed by atoms with Gasteiger partial charge in [0.2, 0.25) is 5.88 Å². The van der Waals surface area contributed by atoms with E-state index in [-0.39, 0.29) is 22.9 Å². The van der Waals surface area contributed by atoms with E-state index < -0.39 is 5.82 Å². The Kier molecular flexibility index (Phi) is 5.03. The van der Waals surface area contributed by atoms with Crippen molar-refractivity contribution in [2.24, 2.45) is 0 Å². The van der Waals surface area contributed by atoms with Gasteiger partial charge in [0.1, 0.15) is 17.8 Å². The molecular weight excluding hydrogens is 369 g/mol. The summed E-state index contributed by atoms with van der Waals surface area (Å²) in [5.74, 6) is 1.85. The largest absolute Gasteiger partial charge is 0.474 e. The van der Waals surface area contributed by atoms with Gasteiger partial charge < -0.3 is 4.74 Å². The van der Waals surface area contributed by atoms with Gasteiger partial charge in [-0.05, 0) is 44.7 Å². The molecule has 0 unspecified atom stereocenters. The van der Waals surface area contributed by atoms with E-state index in [2.05, 4.69) is 20.2 Å². The molecule has 1 aliphatic carbocycles. The second kappa shape index (κ2) is 7.60. The molecule has 0 atom stereocenters. The molecule has 0 saturated heterocycles. The Hall–Kier alpha value is -2.54. The lowest BCUT2D eigenvalue weighted by molar-refractivity contribution is 0.139. The first-order valence-electron chi connectivity index (χ1n) is 8.93. The molecule has 3 aromatic rings. The number of aromatic nitrogens is 5. The zero-order valence-electron chi connectivity index (χ0n) is 14.8. The minimum Gasteiger partial charge on any atom is -0.474 e. The van der Waals surface area contributed by atoms with Crippen molar-refractivity contribution in [1.82, 2.24) is 24.7 Å². The number of rotatable bonds is 4. The number of hydrogen-bond acceptors (Lipinski definition) is 5. The van der Waals surface area contributed by atoms with Crippen molar-refractivity contribution >= 4 is 11.6 Å². The van der Waals surface area contributed by atoms with E-state index in [9.17, 15) is 4.39 Å². The van der Waals surface area contributed by atoms with Crippen molar-refractivity contribution in [3.63, 3.8) is 0 Å². The van der Waals surface area contributed by atoms with Crippen molar-refractivity contribution in [1.29, 1.82) is 0 Å². The number of aryl methyl sites for hydroxylation is 1. The fraction of sp³-hybridized carbons (Fsp3) is 0.368. The van der Waals surface area contributed by atoms with Crippen molar-refractivity contribution in [3.05, 3.63) is 59.1 Å². The van der Waals surface area contributed by atoms with Gasteiger partial charge in [0, 0.05) is 24.4 Å². The molecule has 1 saturated carbocycles. The Morgan fingerprint density at radius 2 is 1.96 bits per heavy atom. The lowest BCUT2D eigenvalue weighted by atomic mass is 9.86. The average Bonchev–Trinajstić information content (AvgIpc) is 3.05. The lowest BCUT2D eigenvalue weighted by Gasteiger charge is -2.28. The Balaban J connectivity index is 1.51. The summed E-state index contributed by atoms with van der Waals surface area (Å²) in [6.07, 6.45) is 6.79. The summed E-state index contributed by atoms with van der Waals surface area (Å²) >= 11 is 5.83. The van der Waals surface area contributed by atoms with Gasteiger partial charge in [-0.3, -0.25) is 4.57 Å². The van der Waals surface area contributed by atoms with Crippen molar-refractivity contribution in [2.45, 2.75) is 44.6 Å². The first-order chi connectivity index (χ1) is 13.1. The van der Waals surface area contributed by atoms with Gasteiger partial charge in [-0.2, -0.15) is 0 Å². The zero-order valence-corrected chi connectivity index (χ0v) is 15.6. The highest BCUT2D eigenvalue weighted by Gasteiger charge is 2.29. The third-order valence-electron chi connectivity index (χ3n) is 4.81. The van der Waals surface area contributed by atoms with Crippen molar-refractivity contribution in [2.75, 3.05) is 0 Å². The fourth-order valence-electron chi connectivity index (χ4n) is 3.50. The van der Waals surface area contributed by atoms with Crippen LogP contribution >= 0.6 is 11.6 Å². The molecular formula is C19H19ClFN5O. The molecule has 0 radical (unpaired) electrons. The lowest BCUT2D eigenvalue weighted by Crippen LogP contribution is -2.25. The molecule has 4 rings (SSSR count). The predicted octanol–water partition coefficient (Wildman–Crippen LogP) is 4.26. The third-order valence-corrected chi connectivity index (χ3v) is 5.02. The van der Waals surface area contributed by atoms with Crippen molar-refractivity contribution in [3.8, 4) is 11.7 Å². The third kappa shape index (κ3) is 3.78. The van der Waals surface area contributed by atoms with Gasteiger partial charge in [-0.25, -0.2) is 14.4 Å². The number of pyridine rings is 2. The topological polar surface area (TPSA) is 65.7 Å². The van der Waals surface area contributed by atoms with Gasteiger partial charge in [0.25, 0.3) is 0 Å². The second-order valence-corrected chi connectivity index (χ2v) is 7.10. The van der Waals surface area contributed by atoms with Crippen molar-refractivity contribution < 1.29 is 9.13 Å². The van der Waals surface area contributed by atoms with Crippen LogP contribution in [0.1, 0.15) is 43.3 Å². The molecule has 0 amide bonds. The Morgan fingerprint density at radius 1 is 1.15 bits per heavy atom. The minimum absolute atomic E-state index is 0.124. The Labute approximate surface area is 161 Å². The van der Waals surface area contributed by atoms with E-state index in [0.717, 1.165) is 31.5 Å². The van der Waals surface area contributed by atoms with E-state index in [1.54, 1.807) is 17.7 Å². The summed E-state index contributed by atoms with van der Waals surface area (Å²) in [7, 11) is 0. The molecule has 0 N–H and O–H groups in total. The molecule has 3 heterocycles. The van der Waals surface area contributed by atoms with Crippen LogP contribution in [0.25, 0.3) is 5.82 Å². The van der Waals surface area contributed by atoms with Crippen LogP contribution in [0.3, 0.4) is 0 Å².